The van der Waals surface area contributed by atoms with Crippen LogP contribution in [0, 0.1) is 11.8 Å². The van der Waals surface area contributed by atoms with Crippen molar-refractivity contribution < 1.29 is 24.1 Å². The summed E-state index contributed by atoms with van der Waals surface area (Å²) in [5.41, 5.74) is 4.19. The van der Waals surface area contributed by atoms with E-state index in [0.29, 0.717) is 42.2 Å². The molecule has 0 radical (unpaired) electrons. The molecule has 1 spiro atoms. The number of phenols is 1. The fraction of sp³-hybridized carbons (Fsp3) is 0.606. The van der Waals surface area contributed by atoms with Crippen LogP contribution in [0.25, 0.3) is 5.57 Å². The molecule has 0 amide bonds. The second-order valence-corrected chi connectivity index (χ2v) is 11.8. The Balaban J connectivity index is 1.73. The summed E-state index contributed by atoms with van der Waals surface area (Å²) in [6, 6.07) is 3.50. The number of allylic oxidation sites excluding steroid dienone is 5. The molecule has 208 valence electrons. The molecule has 1 aromatic rings. The Hall–Kier alpha value is -2.37. The molecule has 6 atom stereocenters. The molecule has 1 N–H and O–H groups in total. The summed E-state index contributed by atoms with van der Waals surface area (Å²) >= 11 is 0. The molecule has 3 heterocycles. The Bertz CT molecular complexity index is 1100. The molecule has 0 aromatic heterocycles. The first-order valence-electron chi connectivity index (χ1n) is 14.6. The maximum absolute atomic E-state index is 13.7. The van der Waals surface area contributed by atoms with Gasteiger partial charge in [0.2, 0.25) is 0 Å². The van der Waals surface area contributed by atoms with Crippen molar-refractivity contribution in [3.63, 3.8) is 0 Å². The number of carbonyl (C=O) groups is 1. The number of fused-ring (bicyclic) bond motifs is 3. The third kappa shape index (κ3) is 6.60. The number of ether oxygens (including phenoxy) is 3. The maximum Gasteiger partial charge on any atom is 0.339 e. The third-order valence-electron chi connectivity index (χ3n) is 8.51. The molecule has 1 aromatic carbocycles. The van der Waals surface area contributed by atoms with Gasteiger partial charge in [-0.15, -0.1) is 0 Å². The van der Waals surface area contributed by atoms with Crippen molar-refractivity contribution in [3.8, 4) is 5.75 Å². The highest BCUT2D eigenvalue weighted by atomic mass is 16.7. The molecule has 0 unspecified atom stereocenters. The minimum absolute atomic E-state index is 0.0757. The Morgan fingerprint density at radius 1 is 1.08 bits per heavy atom. The third-order valence-corrected chi connectivity index (χ3v) is 8.51. The van der Waals surface area contributed by atoms with Crippen molar-refractivity contribution in [2.45, 2.75) is 117 Å². The Morgan fingerprint density at radius 2 is 1.87 bits per heavy atom. The summed E-state index contributed by atoms with van der Waals surface area (Å²) in [5.74, 6) is 0.00485. The van der Waals surface area contributed by atoms with Gasteiger partial charge in [0.25, 0.3) is 0 Å². The molecule has 3 aliphatic rings. The van der Waals surface area contributed by atoms with Gasteiger partial charge in [0.15, 0.2) is 5.79 Å². The fourth-order valence-corrected chi connectivity index (χ4v) is 6.26. The highest BCUT2D eigenvalue weighted by molar-refractivity contribution is 5.96. The first-order valence-corrected chi connectivity index (χ1v) is 14.6. The van der Waals surface area contributed by atoms with Gasteiger partial charge in [0, 0.05) is 19.3 Å². The largest absolute Gasteiger partial charge is 0.508 e. The number of hydrogen-bond acceptors (Lipinski definition) is 5. The second kappa shape index (κ2) is 12.2. The van der Waals surface area contributed by atoms with E-state index in [0.717, 1.165) is 43.2 Å². The van der Waals surface area contributed by atoms with Crippen LogP contribution < -0.4 is 0 Å². The van der Waals surface area contributed by atoms with Gasteiger partial charge in [-0.05, 0) is 86.6 Å². The van der Waals surface area contributed by atoms with Crippen molar-refractivity contribution in [2.24, 2.45) is 11.8 Å². The number of aromatic hydroxyl groups is 1. The topological polar surface area (TPSA) is 65.0 Å². The smallest absolute Gasteiger partial charge is 0.339 e. The molecule has 4 rings (SSSR count). The van der Waals surface area contributed by atoms with Crippen molar-refractivity contribution in [2.75, 3.05) is 0 Å². The van der Waals surface area contributed by atoms with Crippen LogP contribution in [0.3, 0.4) is 0 Å². The van der Waals surface area contributed by atoms with Crippen molar-refractivity contribution in [1.29, 1.82) is 0 Å². The molecule has 2 saturated heterocycles. The van der Waals surface area contributed by atoms with Gasteiger partial charge in [-0.1, -0.05) is 57.6 Å². The zero-order valence-electron chi connectivity index (χ0n) is 24.1. The highest BCUT2D eigenvalue weighted by Gasteiger charge is 2.48. The van der Waals surface area contributed by atoms with E-state index in [-0.39, 0.29) is 30.0 Å². The predicted octanol–water partition coefficient (Wildman–Crippen LogP) is 7.92. The Labute approximate surface area is 228 Å². The van der Waals surface area contributed by atoms with Crippen LogP contribution in [0.1, 0.15) is 108 Å². The first-order chi connectivity index (χ1) is 18.1. The number of esters is 1. The van der Waals surface area contributed by atoms with Crippen LogP contribution in [-0.4, -0.2) is 35.2 Å². The average Bonchev–Trinajstić information content (AvgIpc) is 2.88. The minimum atomic E-state index is -0.716. The molecule has 2 fully saturated rings. The van der Waals surface area contributed by atoms with Gasteiger partial charge < -0.3 is 19.3 Å². The summed E-state index contributed by atoms with van der Waals surface area (Å²) in [5, 5.41) is 10.6. The predicted molar refractivity (Wildman–Crippen MR) is 152 cm³/mol. The van der Waals surface area contributed by atoms with Gasteiger partial charge in [0.1, 0.15) is 11.9 Å². The van der Waals surface area contributed by atoms with E-state index in [9.17, 15) is 9.90 Å². The van der Waals surface area contributed by atoms with Crippen LogP contribution in [-0.2, 0) is 20.6 Å². The number of phenolic OH excluding ortho intramolecular Hbond substituents is 1. The summed E-state index contributed by atoms with van der Waals surface area (Å²) in [6.45, 7) is 12.8. The van der Waals surface area contributed by atoms with Gasteiger partial charge in [0.05, 0.1) is 17.8 Å². The zero-order valence-corrected chi connectivity index (χ0v) is 24.1. The van der Waals surface area contributed by atoms with E-state index in [2.05, 4.69) is 39.8 Å². The number of benzene rings is 1. The molecule has 2 bridgehead atoms. The molecular weight excluding hydrogens is 476 g/mol. The normalized spacial score (nSPS) is 36.4. The van der Waals surface area contributed by atoms with Gasteiger partial charge in [-0.25, -0.2) is 4.79 Å². The second-order valence-electron chi connectivity index (χ2n) is 11.8. The molecule has 38 heavy (non-hydrogen) atoms. The lowest BCUT2D eigenvalue weighted by molar-refractivity contribution is -0.334. The summed E-state index contributed by atoms with van der Waals surface area (Å²) < 4.78 is 19.6. The van der Waals surface area contributed by atoms with Crippen LogP contribution >= 0.6 is 0 Å². The SMILES string of the molecule is CCc1cc2c(cc1O)/C(C)=C/C=C/[C@H](C)C/C(C)=C/C[C@@H]1C[C@@H](C[C@]3(CC[C@H](C)[C@@H](CC)O3)O1)OC2=O. The molecule has 5 nitrogen and oxygen atoms in total. The summed E-state index contributed by atoms with van der Waals surface area (Å²) in [6.07, 6.45) is 14.7. The highest BCUT2D eigenvalue weighted by Crippen LogP contribution is 2.43. The standard InChI is InChI=1S/C33H46O5/c1-7-25-17-29-28(19-30(25)34)23(5)11-9-10-21(3)16-22(4)12-13-26-18-27(36-32(29)35)20-33(37-26)15-14-24(6)31(8-2)38-33/h9-12,17,19,21,24,26-27,31,34H,7-8,13-16,18,20H2,1-6H3/b10-9+,22-12+,23-11+/t21-,24-,26+,27-,31+,33+/m0/s1. The number of rotatable bonds is 2. The van der Waals surface area contributed by atoms with E-state index in [1.54, 1.807) is 12.1 Å². The van der Waals surface area contributed by atoms with E-state index in [4.69, 9.17) is 14.2 Å². The molecular formula is C33H46O5. The van der Waals surface area contributed by atoms with Crippen LogP contribution in [0.5, 0.6) is 5.75 Å². The van der Waals surface area contributed by atoms with E-state index < -0.39 is 5.79 Å². The number of hydrogen-bond donors (Lipinski definition) is 1. The van der Waals surface area contributed by atoms with Crippen LogP contribution in [0.2, 0.25) is 0 Å². The zero-order chi connectivity index (χ0) is 27.4. The lowest BCUT2D eigenvalue weighted by Gasteiger charge is -2.49. The van der Waals surface area contributed by atoms with Gasteiger partial charge in [-0.2, -0.15) is 0 Å². The Kier molecular flexibility index (Phi) is 9.20. The minimum Gasteiger partial charge on any atom is -0.508 e. The monoisotopic (exact) mass is 522 g/mol. The summed E-state index contributed by atoms with van der Waals surface area (Å²) in [7, 11) is 0. The first kappa shape index (κ1) is 28.6. The van der Waals surface area contributed by atoms with Crippen LogP contribution in [0.4, 0.5) is 0 Å². The molecule has 0 aliphatic carbocycles. The quantitative estimate of drug-likeness (QED) is 0.316. The number of aryl methyl sites for hydroxylation is 1. The summed E-state index contributed by atoms with van der Waals surface area (Å²) in [4.78, 5) is 13.7. The van der Waals surface area contributed by atoms with Gasteiger partial charge in [-0.3, -0.25) is 0 Å². The maximum atomic E-state index is 13.7. The average molecular weight is 523 g/mol. The lowest BCUT2D eigenvalue weighted by atomic mass is 9.85. The van der Waals surface area contributed by atoms with Gasteiger partial charge >= 0.3 is 5.97 Å². The fourth-order valence-electron chi connectivity index (χ4n) is 6.26. The van der Waals surface area contributed by atoms with Crippen LogP contribution in [0.15, 0.2) is 42.0 Å². The molecule has 0 saturated carbocycles. The lowest BCUT2D eigenvalue weighted by Crippen LogP contribution is -2.54. The van der Waals surface area contributed by atoms with E-state index in [1.807, 2.05) is 26.0 Å². The molecule has 5 heteroatoms. The van der Waals surface area contributed by atoms with Crippen molar-refractivity contribution in [1.82, 2.24) is 0 Å². The van der Waals surface area contributed by atoms with Crippen molar-refractivity contribution >= 4 is 11.5 Å². The van der Waals surface area contributed by atoms with E-state index in [1.165, 1.54) is 5.57 Å². The molecule has 3 aliphatic heterocycles. The van der Waals surface area contributed by atoms with E-state index >= 15 is 0 Å². The number of carbonyl (C=O) groups excluding carboxylic acids is 1. The Morgan fingerprint density at radius 3 is 2.61 bits per heavy atom. The van der Waals surface area contributed by atoms with Crippen molar-refractivity contribution in [3.05, 3.63) is 58.7 Å².